The van der Waals surface area contributed by atoms with Crippen LogP contribution in [0.5, 0.6) is 0 Å². The smallest absolute Gasteiger partial charge is 0.0568 e. The summed E-state index contributed by atoms with van der Waals surface area (Å²) in [7, 11) is 2.28. The summed E-state index contributed by atoms with van der Waals surface area (Å²) < 4.78 is 0. The highest BCUT2D eigenvalue weighted by atomic mass is 16.3. The molecule has 0 bridgehead atoms. The first-order valence-corrected chi connectivity index (χ1v) is 7.15. The average molecular weight is 225 g/mol. The Labute approximate surface area is 100 Å². The van der Waals surface area contributed by atoms with Crippen molar-refractivity contribution >= 4 is 0 Å². The van der Waals surface area contributed by atoms with Crippen molar-refractivity contribution in [1.29, 1.82) is 0 Å². The molecule has 0 aromatic carbocycles. The standard InChI is InChI=1S/C14H27NO/c1-15(13-7-3-2-4-8-13)11-10-12-6-5-9-14(12)16/h12-14,16H,2-11H2,1H3. The maximum Gasteiger partial charge on any atom is 0.0568 e. The third-order valence-electron chi connectivity index (χ3n) is 4.67. The summed E-state index contributed by atoms with van der Waals surface area (Å²) in [4.78, 5) is 2.55. The molecule has 0 heterocycles. The van der Waals surface area contributed by atoms with Crippen LogP contribution in [0.15, 0.2) is 0 Å². The Balaban J connectivity index is 1.68. The molecule has 16 heavy (non-hydrogen) atoms. The van der Waals surface area contributed by atoms with Gasteiger partial charge in [-0.15, -0.1) is 0 Å². The molecule has 2 atom stereocenters. The normalized spacial score (nSPS) is 32.4. The van der Waals surface area contributed by atoms with Gasteiger partial charge in [0, 0.05) is 6.04 Å². The highest BCUT2D eigenvalue weighted by molar-refractivity contribution is 4.79. The summed E-state index contributed by atoms with van der Waals surface area (Å²) in [6.07, 6.45) is 11.8. The molecule has 94 valence electrons. The van der Waals surface area contributed by atoms with Gasteiger partial charge in [-0.05, 0) is 51.6 Å². The molecule has 1 N–H and O–H groups in total. The van der Waals surface area contributed by atoms with Gasteiger partial charge in [0.05, 0.1) is 6.10 Å². The van der Waals surface area contributed by atoms with Gasteiger partial charge >= 0.3 is 0 Å². The Hall–Kier alpha value is -0.0800. The molecule has 2 rings (SSSR count). The number of hydrogen-bond acceptors (Lipinski definition) is 2. The van der Waals surface area contributed by atoms with Crippen molar-refractivity contribution in [2.75, 3.05) is 13.6 Å². The lowest BCUT2D eigenvalue weighted by atomic mass is 9.93. The maximum atomic E-state index is 9.79. The number of aliphatic hydroxyl groups is 1. The van der Waals surface area contributed by atoms with Crippen molar-refractivity contribution in [2.24, 2.45) is 5.92 Å². The Morgan fingerprint density at radius 1 is 1.00 bits per heavy atom. The van der Waals surface area contributed by atoms with E-state index in [9.17, 15) is 5.11 Å². The molecule has 2 aliphatic rings. The molecule has 2 aliphatic carbocycles. The third-order valence-corrected chi connectivity index (χ3v) is 4.67. The largest absolute Gasteiger partial charge is 0.393 e. The number of rotatable bonds is 4. The molecule has 2 heteroatoms. The van der Waals surface area contributed by atoms with E-state index in [1.54, 1.807) is 0 Å². The van der Waals surface area contributed by atoms with Gasteiger partial charge in [0.15, 0.2) is 0 Å². The van der Waals surface area contributed by atoms with Crippen LogP contribution in [-0.2, 0) is 0 Å². The first kappa shape index (κ1) is 12.4. The van der Waals surface area contributed by atoms with Crippen LogP contribution in [0.25, 0.3) is 0 Å². The van der Waals surface area contributed by atoms with Gasteiger partial charge in [-0.2, -0.15) is 0 Å². The van der Waals surface area contributed by atoms with Crippen LogP contribution in [0.4, 0.5) is 0 Å². The molecule has 0 saturated heterocycles. The van der Waals surface area contributed by atoms with E-state index in [-0.39, 0.29) is 6.10 Å². The molecule has 2 fully saturated rings. The van der Waals surface area contributed by atoms with Crippen molar-refractivity contribution in [3.05, 3.63) is 0 Å². The molecule has 0 amide bonds. The monoisotopic (exact) mass is 225 g/mol. The molecule has 0 aromatic rings. The fraction of sp³-hybridized carbons (Fsp3) is 1.00. The fourth-order valence-corrected chi connectivity index (χ4v) is 3.43. The van der Waals surface area contributed by atoms with E-state index < -0.39 is 0 Å². The predicted octanol–water partition coefficient (Wildman–Crippen LogP) is 2.80. The van der Waals surface area contributed by atoms with E-state index in [1.165, 1.54) is 57.9 Å². The first-order valence-electron chi connectivity index (χ1n) is 7.15. The number of aliphatic hydroxyl groups excluding tert-OH is 1. The van der Waals surface area contributed by atoms with Gasteiger partial charge in [-0.25, -0.2) is 0 Å². The second-order valence-electron chi connectivity index (χ2n) is 5.82. The zero-order chi connectivity index (χ0) is 11.4. The second kappa shape index (κ2) is 6.02. The average Bonchev–Trinajstić information content (AvgIpc) is 2.73. The summed E-state index contributed by atoms with van der Waals surface area (Å²) in [5.41, 5.74) is 0. The summed E-state index contributed by atoms with van der Waals surface area (Å²) in [6.45, 7) is 1.19. The topological polar surface area (TPSA) is 23.5 Å². The second-order valence-corrected chi connectivity index (χ2v) is 5.82. The molecule has 2 unspecified atom stereocenters. The van der Waals surface area contributed by atoms with Crippen LogP contribution in [0.2, 0.25) is 0 Å². The zero-order valence-corrected chi connectivity index (χ0v) is 10.7. The molecular formula is C14H27NO. The van der Waals surface area contributed by atoms with Crippen molar-refractivity contribution in [3.8, 4) is 0 Å². The lowest BCUT2D eigenvalue weighted by molar-refractivity contribution is 0.111. The van der Waals surface area contributed by atoms with Crippen LogP contribution >= 0.6 is 0 Å². The Bertz CT molecular complexity index is 201. The Morgan fingerprint density at radius 3 is 2.38 bits per heavy atom. The third kappa shape index (κ3) is 3.21. The van der Waals surface area contributed by atoms with Crippen LogP contribution in [-0.4, -0.2) is 35.7 Å². The van der Waals surface area contributed by atoms with Gasteiger partial charge < -0.3 is 10.0 Å². The Kier molecular flexibility index (Phi) is 4.66. The van der Waals surface area contributed by atoms with Crippen molar-refractivity contribution in [2.45, 2.75) is 69.9 Å². The minimum absolute atomic E-state index is 0.000226. The highest BCUT2D eigenvalue weighted by Gasteiger charge is 2.26. The van der Waals surface area contributed by atoms with Gasteiger partial charge in [0.1, 0.15) is 0 Å². The van der Waals surface area contributed by atoms with E-state index in [2.05, 4.69) is 11.9 Å². The molecule has 0 spiro atoms. The summed E-state index contributed by atoms with van der Waals surface area (Å²) >= 11 is 0. The van der Waals surface area contributed by atoms with Crippen molar-refractivity contribution in [3.63, 3.8) is 0 Å². The SMILES string of the molecule is CN(CCC1CCCC1O)C1CCCCC1. The lowest BCUT2D eigenvalue weighted by Gasteiger charge is -2.32. The highest BCUT2D eigenvalue weighted by Crippen LogP contribution is 2.29. The number of nitrogens with zero attached hydrogens (tertiary/aromatic N) is 1. The lowest BCUT2D eigenvalue weighted by Crippen LogP contribution is -2.35. The van der Waals surface area contributed by atoms with E-state index in [1.807, 2.05) is 0 Å². The van der Waals surface area contributed by atoms with Gasteiger partial charge in [-0.3, -0.25) is 0 Å². The summed E-state index contributed by atoms with van der Waals surface area (Å²) in [5.74, 6) is 0.589. The van der Waals surface area contributed by atoms with E-state index in [0.29, 0.717) is 5.92 Å². The van der Waals surface area contributed by atoms with Gasteiger partial charge in [0.2, 0.25) is 0 Å². The Morgan fingerprint density at radius 2 is 1.75 bits per heavy atom. The molecule has 0 aromatic heterocycles. The minimum atomic E-state index is -0.000226. The van der Waals surface area contributed by atoms with Gasteiger partial charge in [-0.1, -0.05) is 25.7 Å². The molecule has 0 aliphatic heterocycles. The van der Waals surface area contributed by atoms with Crippen LogP contribution in [0, 0.1) is 5.92 Å². The van der Waals surface area contributed by atoms with Crippen LogP contribution in [0.3, 0.4) is 0 Å². The van der Waals surface area contributed by atoms with E-state index in [0.717, 1.165) is 12.5 Å². The van der Waals surface area contributed by atoms with Gasteiger partial charge in [0.25, 0.3) is 0 Å². The fourth-order valence-electron chi connectivity index (χ4n) is 3.43. The predicted molar refractivity (Wildman–Crippen MR) is 67.5 cm³/mol. The van der Waals surface area contributed by atoms with Crippen molar-refractivity contribution in [1.82, 2.24) is 4.90 Å². The first-order chi connectivity index (χ1) is 7.77. The molecule has 0 radical (unpaired) electrons. The minimum Gasteiger partial charge on any atom is -0.393 e. The molecule has 2 saturated carbocycles. The summed E-state index contributed by atoms with van der Waals surface area (Å²) in [6, 6.07) is 0.826. The van der Waals surface area contributed by atoms with Crippen molar-refractivity contribution < 1.29 is 5.11 Å². The number of hydrogen-bond donors (Lipinski definition) is 1. The molecule has 2 nitrogen and oxygen atoms in total. The van der Waals surface area contributed by atoms with Crippen LogP contribution in [0.1, 0.15) is 57.8 Å². The van der Waals surface area contributed by atoms with E-state index >= 15 is 0 Å². The van der Waals surface area contributed by atoms with E-state index in [4.69, 9.17) is 0 Å². The zero-order valence-electron chi connectivity index (χ0n) is 10.7. The molecular weight excluding hydrogens is 198 g/mol. The maximum absolute atomic E-state index is 9.79. The quantitative estimate of drug-likeness (QED) is 0.795. The van der Waals surface area contributed by atoms with Crippen LogP contribution < -0.4 is 0 Å². The summed E-state index contributed by atoms with van der Waals surface area (Å²) in [5, 5.41) is 9.79.